The molecule has 7 heteroatoms. The molecular formula is C18H30N2O4S. The van der Waals surface area contributed by atoms with Crippen molar-refractivity contribution in [1.82, 2.24) is 4.31 Å². The molecule has 1 unspecified atom stereocenters. The molecule has 0 spiro atoms. The summed E-state index contributed by atoms with van der Waals surface area (Å²) in [7, 11) is -3.60. The lowest BCUT2D eigenvalue weighted by atomic mass is 10.1. The van der Waals surface area contributed by atoms with Gasteiger partial charge < -0.3 is 10.1 Å². The summed E-state index contributed by atoms with van der Waals surface area (Å²) < 4.78 is 32.6. The monoisotopic (exact) mass is 370 g/mol. The Kier molecular flexibility index (Phi) is 7.89. The Bertz CT molecular complexity index is 682. The fourth-order valence-corrected chi connectivity index (χ4v) is 3.76. The minimum Gasteiger partial charge on any atom is -0.489 e. The van der Waals surface area contributed by atoms with Crippen molar-refractivity contribution in [2.24, 2.45) is 5.92 Å². The maximum Gasteiger partial charge on any atom is 0.243 e. The first-order chi connectivity index (χ1) is 11.7. The molecule has 0 aliphatic heterocycles. The van der Waals surface area contributed by atoms with Crippen LogP contribution < -0.4 is 10.1 Å². The second-order valence-corrected chi connectivity index (χ2v) is 8.15. The van der Waals surface area contributed by atoms with Crippen LogP contribution in [0.25, 0.3) is 0 Å². The van der Waals surface area contributed by atoms with Crippen molar-refractivity contribution >= 4 is 21.6 Å². The van der Waals surface area contributed by atoms with Crippen LogP contribution in [-0.2, 0) is 14.8 Å². The second kappa shape index (κ2) is 9.20. The molecule has 0 radical (unpaired) electrons. The van der Waals surface area contributed by atoms with Crippen LogP contribution in [-0.4, -0.2) is 37.8 Å². The van der Waals surface area contributed by atoms with Crippen LogP contribution in [0.3, 0.4) is 0 Å². The van der Waals surface area contributed by atoms with Gasteiger partial charge in [-0.2, -0.15) is 4.31 Å². The number of amides is 1. The number of nitrogens with one attached hydrogen (secondary N) is 1. The van der Waals surface area contributed by atoms with E-state index < -0.39 is 10.0 Å². The maximum absolute atomic E-state index is 12.7. The summed E-state index contributed by atoms with van der Waals surface area (Å²) in [5.41, 5.74) is 0.382. The molecule has 0 aromatic heterocycles. The summed E-state index contributed by atoms with van der Waals surface area (Å²) >= 11 is 0. The topological polar surface area (TPSA) is 75.7 Å². The summed E-state index contributed by atoms with van der Waals surface area (Å²) in [5.74, 6) is 0.133. The van der Waals surface area contributed by atoms with Gasteiger partial charge in [0.2, 0.25) is 15.9 Å². The molecule has 0 bridgehead atoms. The van der Waals surface area contributed by atoms with Crippen LogP contribution in [0.5, 0.6) is 5.75 Å². The van der Waals surface area contributed by atoms with Gasteiger partial charge in [0.05, 0.1) is 16.7 Å². The standard InChI is InChI=1S/C18H30N2O4S/c1-7-14(6)18(21)19-16-12-15(10-11-17(16)24-13(4)5)25(22,23)20(8-2)9-3/h10-14H,7-9H2,1-6H3,(H,19,21). The predicted octanol–water partition coefficient (Wildman–Crippen LogP) is 3.49. The summed E-state index contributed by atoms with van der Waals surface area (Å²) in [6.07, 6.45) is 0.605. The van der Waals surface area contributed by atoms with E-state index in [4.69, 9.17) is 4.74 Å². The molecule has 142 valence electrons. The number of carbonyl (C=O) groups excluding carboxylic acids is 1. The molecule has 1 rings (SSSR count). The Labute approximate surface area is 151 Å². The third-order valence-electron chi connectivity index (χ3n) is 3.97. The molecule has 0 aliphatic carbocycles. The van der Waals surface area contributed by atoms with E-state index in [1.54, 1.807) is 19.9 Å². The molecule has 25 heavy (non-hydrogen) atoms. The van der Waals surface area contributed by atoms with Crippen LogP contribution >= 0.6 is 0 Å². The van der Waals surface area contributed by atoms with Crippen molar-refractivity contribution in [3.05, 3.63) is 18.2 Å². The normalized spacial score (nSPS) is 13.1. The van der Waals surface area contributed by atoms with Gasteiger partial charge in [-0.25, -0.2) is 8.42 Å². The van der Waals surface area contributed by atoms with Crippen LogP contribution in [0.1, 0.15) is 48.0 Å². The lowest BCUT2D eigenvalue weighted by Gasteiger charge is -2.21. The zero-order valence-electron chi connectivity index (χ0n) is 16.0. The number of hydrogen-bond donors (Lipinski definition) is 1. The number of nitrogens with zero attached hydrogens (tertiary/aromatic N) is 1. The Morgan fingerprint density at radius 1 is 1.16 bits per heavy atom. The van der Waals surface area contributed by atoms with E-state index in [2.05, 4.69) is 5.32 Å². The van der Waals surface area contributed by atoms with Gasteiger partial charge in [-0.1, -0.05) is 27.7 Å². The molecule has 0 fully saturated rings. The average molecular weight is 371 g/mol. The highest BCUT2D eigenvalue weighted by molar-refractivity contribution is 7.89. The van der Waals surface area contributed by atoms with Gasteiger partial charge in [0.15, 0.2) is 0 Å². The first kappa shape index (κ1) is 21.4. The number of anilines is 1. The highest BCUT2D eigenvalue weighted by Crippen LogP contribution is 2.30. The number of hydrogen-bond acceptors (Lipinski definition) is 4. The Morgan fingerprint density at radius 2 is 1.76 bits per heavy atom. The smallest absolute Gasteiger partial charge is 0.243 e. The van der Waals surface area contributed by atoms with E-state index in [0.717, 1.165) is 0 Å². The third kappa shape index (κ3) is 5.44. The number of benzene rings is 1. The SMILES string of the molecule is CCC(C)C(=O)Nc1cc(S(=O)(=O)N(CC)CC)ccc1OC(C)C. The lowest BCUT2D eigenvalue weighted by Crippen LogP contribution is -2.30. The molecule has 0 saturated carbocycles. The van der Waals surface area contributed by atoms with E-state index in [-0.39, 0.29) is 22.8 Å². The van der Waals surface area contributed by atoms with E-state index in [1.807, 2.05) is 27.7 Å². The molecule has 0 saturated heterocycles. The fourth-order valence-electron chi connectivity index (χ4n) is 2.28. The van der Waals surface area contributed by atoms with Crippen molar-refractivity contribution < 1.29 is 17.9 Å². The summed E-state index contributed by atoms with van der Waals surface area (Å²) in [4.78, 5) is 12.4. The van der Waals surface area contributed by atoms with Gasteiger partial charge in [0, 0.05) is 19.0 Å². The summed E-state index contributed by atoms with van der Waals surface area (Å²) in [5, 5.41) is 2.81. The minimum absolute atomic E-state index is 0.0931. The van der Waals surface area contributed by atoms with E-state index in [0.29, 0.717) is 30.9 Å². The van der Waals surface area contributed by atoms with Crippen LogP contribution in [0.2, 0.25) is 0 Å². The largest absolute Gasteiger partial charge is 0.489 e. The highest BCUT2D eigenvalue weighted by atomic mass is 32.2. The lowest BCUT2D eigenvalue weighted by molar-refractivity contribution is -0.119. The van der Waals surface area contributed by atoms with Crippen molar-refractivity contribution in [1.29, 1.82) is 0 Å². The van der Waals surface area contributed by atoms with Crippen LogP contribution in [0.15, 0.2) is 23.1 Å². The molecule has 1 N–H and O–H groups in total. The molecule has 1 atom stereocenters. The van der Waals surface area contributed by atoms with Crippen molar-refractivity contribution in [3.8, 4) is 5.75 Å². The molecule has 1 amide bonds. The van der Waals surface area contributed by atoms with Crippen LogP contribution in [0.4, 0.5) is 5.69 Å². The van der Waals surface area contributed by atoms with Gasteiger partial charge in [-0.15, -0.1) is 0 Å². The third-order valence-corrected chi connectivity index (χ3v) is 6.02. The van der Waals surface area contributed by atoms with Crippen LogP contribution in [0, 0.1) is 5.92 Å². The van der Waals surface area contributed by atoms with Gasteiger partial charge in [-0.3, -0.25) is 4.79 Å². The Balaban J connectivity index is 3.32. The van der Waals surface area contributed by atoms with Gasteiger partial charge >= 0.3 is 0 Å². The number of carbonyl (C=O) groups is 1. The average Bonchev–Trinajstić information content (AvgIpc) is 2.55. The first-order valence-electron chi connectivity index (χ1n) is 8.78. The fraction of sp³-hybridized carbons (Fsp3) is 0.611. The number of sulfonamides is 1. The second-order valence-electron chi connectivity index (χ2n) is 6.21. The Morgan fingerprint density at radius 3 is 2.24 bits per heavy atom. The van der Waals surface area contributed by atoms with E-state index in [1.165, 1.54) is 16.4 Å². The molecule has 0 aliphatic rings. The Hall–Kier alpha value is -1.60. The summed E-state index contributed by atoms with van der Waals surface area (Å²) in [6, 6.07) is 4.60. The quantitative estimate of drug-likeness (QED) is 0.722. The number of rotatable bonds is 9. The molecule has 1 aromatic carbocycles. The maximum atomic E-state index is 12.7. The van der Waals surface area contributed by atoms with Crippen molar-refractivity contribution in [2.45, 2.75) is 59.0 Å². The summed E-state index contributed by atoms with van der Waals surface area (Å²) in [6.45, 7) is 11.9. The van der Waals surface area contributed by atoms with E-state index in [9.17, 15) is 13.2 Å². The number of ether oxygens (including phenoxy) is 1. The zero-order valence-corrected chi connectivity index (χ0v) is 16.8. The highest BCUT2D eigenvalue weighted by Gasteiger charge is 2.24. The van der Waals surface area contributed by atoms with E-state index >= 15 is 0 Å². The van der Waals surface area contributed by atoms with Gasteiger partial charge in [0.1, 0.15) is 5.75 Å². The molecule has 0 heterocycles. The molecular weight excluding hydrogens is 340 g/mol. The first-order valence-corrected chi connectivity index (χ1v) is 10.2. The predicted molar refractivity (Wildman–Crippen MR) is 100 cm³/mol. The molecule has 6 nitrogen and oxygen atoms in total. The van der Waals surface area contributed by atoms with Gasteiger partial charge in [-0.05, 0) is 38.5 Å². The minimum atomic E-state index is -3.60. The van der Waals surface area contributed by atoms with Crippen molar-refractivity contribution in [3.63, 3.8) is 0 Å². The molecule has 1 aromatic rings. The van der Waals surface area contributed by atoms with Gasteiger partial charge in [0.25, 0.3) is 0 Å². The zero-order chi connectivity index (χ0) is 19.2. The van der Waals surface area contributed by atoms with Crippen molar-refractivity contribution in [2.75, 3.05) is 18.4 Å².